The third-order valence-electron chi connectivity index (χ3n) is 3.19. The van der Waals surface area contributed by atoms with Crippen molar-refractivity contribution >= 4 is 50.7 Å². The van der Waals surface area contributed by atoms with E-state index in [9.17, 15) is 4.79 Å². The van der Waals surface area contributed by atoms with E-state index in [1.807, 2.05) is 26.0 Å². The van der Waals surface area contributed by atoms with Crippen LogP contribution in [0.2, 0.25) is 10.0 Å². The van der Waals surface area contributed by atoms with Gasteiger partial charge < -0.3 is 10.1 Å². The van der Waals surface area contributed by atoms with Crippen LogP contribution in [0, 0.1) is 13.8 Å². The highest BCUT2D eigenvalue weighted by Gasteiger charge is 2.18. The van der Waals surface area contributed by atoms with Gasteiger partial charge >= 0.3 is 0 Å². The molecule has 116 valence electrons. The van der Waals surface area contributed by atoms with Crippen molar-refractivity contribution in [2.45, 2.75) is 13.8 Å². The second kappa shape index (κ2) is 6.90. The highest BCUT2D eigenvalue weighted by molar-refractivity contribution is 9.10. The Morgan fingerprint density at radius 2 is 1.73 bits per heavy atom. The first-order valence-corrected chi connectivity index (χ1v) is 7.99. The average molecular weight is 403 g/mol. The van der Waals surface area contributed by atoms with Gasteiger partial charge in [-0.15, -0.1) is 0 Å². The van der Waals surface area contributed by atoms with Crippen molar-refractivity contribution in [1.29, 1.82) is 0 Å². The molecule has 0 bridgehead atoms. The molecule has 6 heteroatoms. The third-order valence-corrected chi connectivity index (χ3v) is 4.15. The molecule has 3 nitrogen and oxygen atoms in total. The predicted molar refractivity (Wildman–Crippen MR) is 94.6 cm³/mol. The van der Waals surface area contributed by atoms with Crippen molar-refractivity contribution in [2.24, 2.45) is 0 Å². The summed E-state index contributed by atoms with van der Waals surface area (Å²) in [5, 5.41) is 3.57. The number of hydrogen-bond donors (Lipinski definition) is 1. The van der Waals surface area contributed by atoms with Crippen molar-refractivity contribution < 1.29 is 9.53 Å². The van der Waals surface area contributed by atoms with Crippen LogP contribution in [0.1, 0.15) is 21.5 Å². The monoisotopic (exact) mass is 401 g/mol. The Hall–Kier alpha value is -1.23. The summed E-state index contributed by atoms with van der Waals surface area (Å²) in [6.07, 6.45) is 0. The Bertz CT molecular complexity index is 724. The summed E-state index contributed by atoms with van der Waals surface area (Å²) in [6.45, 7) is 3.85. The molecule has 0 aromatic heterocycles. The summed E-state index contributed by atoms with van der Waals surface area (Å²) in [5.74, 6) is -0.0224. The second-order valence-electron chi connectivity index (χ2n) is 4.84. The SMILES string of the molecule is COc1c(Cl)cc(Cl)cc1C(=O)Nc1c(C)cc(Br)cc1C. The number of halogens is 3. The highest BCUT2D eigenvalue weighted by atomic mass is 79.9. The molecule has 0 unspecified atom stereocenters. The molecule has 0 aliphatic carbocycles. The minimum atomic E-state index is -0.324. The zero-order chi connectivity index (χ0) is 16.4. The molecule has 0 saturated carbocycles. The fourth-order valence-corrected chi connectivity index (χ4v) is 3.48. The minimum absolute atomic E-state index is 0.293. The standard InChI is InChI=1S/C16H14BrCl2NO2/c1-8-4-10(17)5-9(2)14(8)20-16(21)12-6-11(18)7-13(19)15(12)22-3/h4-7H,1-3H3,(H,20,21). The van der Waals surface area contributed by atoms with E-state index in [-0.39, 0.29) is 5.91 Å². The number of rotatable bonds is 3. The van der Waals surface area contributed by atoms with E-state index in [0.717, 1.165) is 21.3 Å². The first-order valence-electron chi connectivity index (χ1n) is 6.44. The summed E-state index contributed by atoms with van der Waals surface area (Å²) in [5.41, 5.74) is 2.95. The number of methoxy groups -OCH3 is 1. The number of aryl methyl sites for hydroxylation is 2. The first-order chi connectivity index (χ1) is 10.3. The molecular formula is C16H14BrCl2NO2. The number of ether oxygens (including phenoxy) is 1. The molecule has 0 spiro atoms. The maximum atomic E-state index is 12.6. The van der Waals surface area contributed by atoms with E-state index >= 15 is 0 Å². The first kappa shape index (κ1) is 17.1. The third kappa shape index (κ3) is 3.57. The highest BCUT2D eigenvalue weighted by Crippen LogP contribution is 2.33. The van der Waals surface area contributed by atoms with Crippen molar-refractivity contribution in [2.75, 3.05) is 12.4 Å². The van der Waals surface area contributed by atoms with E-state index in [1.165, 1.54) is 19.2 Å². The lowest BCUT2D eigenvalue weighted by Gasteiger charge is -2.15. The average Bonchev–Trinajstić information content (AvgIpc) is 2.41. The fraction of sp³-hybridized carbons (Fsp3) is 0.188. The summed E-state index contributed by atoms with van der Waals surface area (Å²) in [4.78, 5) is 12.6. The molecule has 22 heavy (non-hydrogen) atoms. The molecule has 0 heterocycles. The van der Waals surface area contributed by atoms with Gasteiger partial charge in [0.15, 0.2) is 0 Å². The Labute approximate surface area is 147 Å². The summed E-state index contributed by atoms with van der Waals surface area (Å²) in [6, 6.07) is 6.94. The zero-order valence-electron chi connectivity index (χ0n) is 12.3. The molecule has 2 aromatic carbocycles. The Morgan fingerprint density at radius 1 is 1.14 bits per heavy atom. The molecule has 0 aliphatic rings. The summed E-state index contributed by atoms with van der Waals surface area (Å²) in [7, 11) is 1.46. The second-order valence-corrected chi connectivity index (χ2v) is 6.60. The van der Waals surface area contributed by atoms with Crippen LogP contribution < -0.4 is 10.1 Å². The Kier molecular flexibility index (Phi) is 5.37. The van der Waals surface area contributed by atoms with Gasteiger partial charge in [-0.3, -0.25) is 4.79 Å². The van der Waals surface area contributed by atoms with Gasteiger partial charge in [-0.25, -0.2) is 0 Å². The summed E-state index contributed by atoms with van der Waals surface area (Å²) < 4.78 is 6.17. The van der Waals surface area contributed by atoms with E-state index in [1.54, 1.807) is 0 Å². The van der Waals surface area contributed by atoms with Crippen LogP contribution in [0.4, 0.5) is 5.69 Å². The van der Waals surface area contributed by atoms with Crippen LogP contribution in [0.25, 0.3) is 0 Å². The molecule has 1 N–H and O–H groups in total. The maximum absolute atomic E-state index is 12.6. The van der Waals surface area contributed by atoms with Crippen molar-refractivity contribution in [3.05, 3.63) is 55.5 Å². The number of nitrogens with one attached hydrogen (secondary N) is 1. The van der Waals surface area contributed by atoms with Crippen LogP contribution in [0.5, 0.6) is 5.75 Å². The van der Waals surface area contributed by atoms with E-state index in [0.29, 0.717) is 21.4 Å². The Morgan fingerprint density at radius 3 is 2.27 bits per heavy atom. The number of benzene rings is 2. The summed E-state index contributed by atoms with van der Waals surface area (Å²) >= 11 is 15.5. The lowest BCUT2D eigenvalue weighted by atomic mass is 10.1. The number of carbonyl (C=O) groups is 1. The number of anilines is 1. The molecule has 1 amide bonds. The maximum Gasteiger partial charge on any atom is 0.259 e. The van der Waals surface area contributed by atoms with Gasteiger partial charge in [0.1, 0.15) is 5.75 Å². The van der Waals surface area contributed by atoms with Gasteiger partial charge in [0, 0.05) is 15.2 Å². The van der Waals surface area contributed by atoms with Crippen molar-refractivity contribution in [3.63, 3.8) is 0 Å². The molecular weight excluding hydrogens is 389 g/mol. The quantitative estimate of drug-likeness (QED) is 0.721. The van der Waals surface area contributed by atoms with Crippen LogP contribution >= 0.6 is 39.1 Å². The van der Waals surface area contributed by atoms with E-state index in [2.05, 4.69) is 21.2 Å². The van der Waals surface area contributed by atoms with Gasteiger partial charge in [-0.1, -0.05) is 39.1 Å². The van der Waals surface area contributed by atoms with Gasteiger partial charge in [0.25, 0.3) is 5.91 Å². The molecule has 0 saturated heterocycles. The molecule has 0 radical (unpaired) electrons. The molecule has 0 fully saturated rings. The molecule has 2 aromatic rings. The van der Waals surface area contributed by atoms with Gasteiger partial charge in [-0.2, -0.15) is 0 Å². The normalized spacial score (nSPS) is 10.5. The lowest BCUT2D eigenvalue weighted by Crippen LogP contribution is -2.15. The lowest BCUT2D eigenvalue weighted by molar-refractivity contribution is 0.102. The number of hydrogen-bond acceptors (Lipinski definition) is 2. The van der Waals surface area contributed by atoms with Crippen molar-refractivity contribution in [3.8, 4) is 5.75 Å². The number of carbonyl (C=O) groups excluding carboxylic acids is 1. The van der Waals surface area contributed by atoms with Gasteiger partial charge in [-0.05, 0) is 49.2 Å². The van der Waals surface area contributed by atoms with Gasteiger partial charge in [0.05, 0.1) is 17.7 Å². The number of amides is 1. The van der Waals surface area contributed by atoms with Crippen LogP contribution in [0.3, 0.4) is 0 Å². The van der Waals surface area contributed by atoms with Gasteiger partial charge in [0.2, 0.25) is 0 Å². The van der Waals surface area contributed by atoms with Crippen LogP contribution in [-0.4, -0.2) is 13.0 Å². The smallest absolute Gasteiger partial charge is 0.259 e. The minimum Gasteiger partial charge on any atom is -0.494 e. The van der Waals surface area contributed by atoms with Crippen molar-refractivity contribution in [1.82, 2.24) is 0 Å². The van der Waals surface area contributed by atoms with Crippen LogP contribution in [-0.2, 0) is 0 Å². The molecule has 0 atom stereocenters. The fourth-order valence-electron chi connectivity index (χ4n) is 2.23. The molecule has 0 aliphatic heterocycles. The zero-order valence-corrected chi connectivity index (χ0v) is 15.4. The topological polar surface area (TPSA) is 38.3 Å². The van der Waals surface area contributed by atoms with Crippen LogP contribution in [0.15, 0.2) is 28.7 Å². The van der Waals surface area contributed by atoms with E-state index < -0.39 is 0 Å². The van der Waals surface area contributed by atoms with E-state index in [4.69, 9.17) is 27.9 Å². The predicted octanol–water partition coefficient (Wildman–Crippen LogP) is 5.63. The Balaban J connectivity index is 2.43. The molecule has 2 rings (SSSR count). The largest absolute Gasteiger partial charge is 0.494 e.